The second-order valence-corrected chi connectivity index (χ2v) is 7.01. The molecule has 0 spiro atoms. The molecule has 4 heterocycles. The van der Waals surface area contributed by atoms with E-state index in [1.54, 1.807) is 24.5 Å². The van der Waals surface area contributed by atoms with Crippen LogP contribution in [0.1, 0.15) is 42.1 Å². The number of hydrogen-bond acceptors (Lipinski definition) is 3. The van der Waals surface area contributed by atoms with Crippen molar-refractivity contribution in [3.63, 3.8) is 0 Å². The fourth-order valence-electron chi connectivity index (χ4n) is 3.85. The molecule has 2 aromatic rings. The van der Waals surface area contributed by atoms with E-state index < -0.39 is 0 Å². The molecule has 1 amide bonds. The Morgan fingerprint density at radius 2 is 1.82 bits per heavy atom. The maximum atomic E-state index is 12.8. The fourth-order valence-corrected chi connectivity index (χ4v) is 4.16. The van der Waals surface area contributed by atoms with Gasteiger partial charge in [-0.15, -0.1) is 0 Å². The summed E-state index contributed by atoms with van der Waals surface area (Å²) < 4.78 is 3.05. The molecular formula is C16H17BrN4O. The third-order valence-corrected chi connectivity index (χ3v) is 5.22. The van der Waals surface area contributed by atoms with Gasteiger partial charge in [0.2, 0.25) is 0 Å². The minimum atomic E-state index is 0.148. The lowest BCUT2D eigenvalue weighted by Gasteiger charge is -2.39. The molecule has 0 saturated carbocycles. The zero-order valence-electron chi connectivity index (χ0n) is 12.1. The van der Waals surface area contributed by atoms with Gasteiger partial charge in [0.25, 0.3) is 5.91 Å². The lowest BCUT2D eigenvalue weighted by Crippen LogP contribution is -2.47. The predicted octanol–water partition coefficient (Wildman–Crippen LogP) is 3.05. The fraction of sp³-hybridized carbons (Fsp3) is 0.438. The summed E-state index contributed by atoms with van der Waals surface area (Å²) in [6, 6.07) is 4.65. The molecule has 5 nitrogen and oxygen atoms in total. The highest BCUT2D eigenvalue weighted by molar-refractivity contribution is 9.10. The Hall–Kier alpha value is -1.69. The highest BCUT2D eigenvalue weighted by Gasteiger charge is 2.44. The molecule has 114 valence electrons. The standard InChI is InChI=1S/C16H17BrN4O/c17-12-9-19-20(10-12)15-7-13-1-2-14(8-15)21(13)16(22)11-3-5-18-6-4-11/h3-6,9-10,13-15H,1-2,7-8H2. The van der Waals surface area contributed by atoms with E-state index in [-0.39, 0.29) is 5.91 Å². The maximum Gasteiger partial charge on any atom is 0.254 e. The molecule has 0 N–H and O–H groups in total. The molecule has 22 heavy (non-hydrogen) atoms. The number of pyridine rings is 1. The first-order valence-corrected chi connectivity index (χ1v) is 8.44. The molecule has 6 heteroatoms. The van der Waals surface area contributed by atoms with Crippen LogP contribution in [0.2, 0.25) is 0 Å². The van der Waals surface area contributed by atoms with Gasteiger partial charge in [0.1, 0.15) is 0 Å². The van der Waals surface area contributed by atoms with Gasteiger partial charge in [0.15, 0.2) is 0 Å². The molecule has 2 unspecified atom stereocenters. The molecule has 0 radical (unpaired) electrons. The van der Waals surface area contributed by atoms with E-state index in [1.807, 2.05) is 17.1 Å². The second kappa shape index (κ2) is 5.50. The van der Waals surface area contributed by atoms with Crippen molar-refractivity contribution >= 4 is 21.8 Å². The average Bonchev–Trinajstić information content (AvgIpc) is 3.09. The van der Waals surface area contributed by atoms with Gasteiger partial charge in [-0.1, -0.05) is 0 Å². The third-order valence-electron chi connectivity index (χ3n) is 4.81. The van der Waals surface area contributed by atoms with Crippen molar-refractivity contribution in [3.8, 4) is 0 Å². The molecular weight excluding hydrogens is 344 g/mol. The van der Waals surface area contributed by atoms with Crippen LogP contribution >= 0.6 is 15.9 Å². The van der Waals surface area contributed by atoms with E-state index >= 15 is 0 Å². The Bertz CT molecular complexity index is 672. The molecule has 2 saturated heterocycles. The molecule has 4 rings (SSSR count). The van der Waals surface area contributed by atoms with Crippen molar-refractivity contribution in [1.29, 1.82) is 0 Å². The largest absolute Gasteiger partial charge is 0.333 e. The minimum absolute atomic E-state index is 0.148. The van der Waals surface area contributed by atoms with Crippen molar-refractivity contribution < 1.29 is 4.79 Å². The zero-order valence-corrected chi connectivity index (χ0v) is 13.7. The molecule has 2 atom stereocenters. The summed E-state index contributed by atoms with van der Waals surface area (Å²) in [5.74, 6) is 0.148. The first-order valence-electron chi connectivity index (χ1n) is 7.64. The highest BCUT2D eigenvalue weighted by atomic mass is 79.9. The number of aromatic nitrogens is 3. The summed E-state index contributed by atoms with van der Waals surface area (Å²) >= 11 is 3.46. The number of rotatable bonds is 2. The quantitative estimate of drug-likeness (QED) is 0.826. The Morgan fingerprint density at radius 1 is 1.14 bits per heavy atom. The summed E-state index contributed by atoms with van der Waals surface area (Å²) in [6.07, 6.45) is 11.4. The lowest BCUT2D eigenvalue weighted by molar-refractivity contribution is 0.0524. The zero-order chi connectivity index (χ0) is 15.1. The summed E-state index contributed by atoms with van der Waals surface area (Å²) in [5, 5.41) is 4.42. The van der Waals surface area contributed by atoms with E-state index in [4.69, 9.17) is 0 Å². The number of hydrogen-bond donors (Lipinski definition) is 0. The number of carbonyl (C=O) groups is 1. The lowest BCUT2D eigenvalue weighted by atomic mass is 9.96. The number of fused-ring (bicyclic) bond motifs is 2. The van der Waals surface area contributed by atoms with Crippen molar-refractivity contribution in [2.24, 2.45) is 0 Å². The summed E-state index contributed by atoms with van der Waals surface area (Å²) in [6.45, 7) is 0. The molecule has 0 aromatic carbocycles. The third kappa shape index (κ3) is 2.35. The van der Waals surface area contributed by atoms with E-state index in [0.29, 0.717) is 18.1 Å². The monoisotopic (exact) mass is 360 g/mol. The van der Waals surface area contributed by atoms with Crippen LogP contribution in [0.15, 0.2) is 41.4 Å². The van der Waals surface area contributed by atoms with Crippen LogP contribution in [0, 0.1) is 0 Å². The van der Waals surface area contributed by atoms with Gasteiger partial charge in [-0.3, -0.25) is 14.5 Å². The highest BCUT2D eigenvalue weighted by Crippen LogP contribution is 2.41. The first-order chi connectivity index (χ1) is 10.7. The van der Waals surface area contributed by atoms with Gasteiger partial charge in [0.05, 0.1) is 16.7 Å². The number of carbonyl (C=O) groups excluding carboxylic acids is 1. The number of halogens is 1. The van der Waals surface area contributed by atoms with E-state index in [0.717, 1.165) is 35.7 Å². The molecule has 2 fully saturated rings. The van der Waals surface area contributed by atoms with Gasteiger partial charge < -0.3 is 4.90 Å². The van der Waals surface area contributed by atoms with E-state index in [9.17, 15) is 4.79 Å². The van der Waals surface area contributed by atoms with Crippen molar-refractivity contribution in [2.45, 2.75) is 43.8 Å². The Morgan fingerprint density at radius 3 is 2.41 bits per heavy atom. The Labute approximate surface area is 137 Å². The topological polar surface area (TPSA) is 51.0 Å². The van der Waals surface area contributed by atoms with Crippen molar-refractivity contribution in [3.05, 3.63) is 47.0 Å². The van der Waals surface area contributed by atoms with Crippen LogP contribution < -0.4 is 0 Å². The first kappa shape index (κ1) is 13.9. The number of amides is 1. The van der Waals surface area contributed by atoms with E-state index in [2.05, 4.69) is 30.9 Å². The van der Waals surface area contributed by atoms with Gasteiger partial charge in [0, 0.05) is 36.2 Å². The van der Waals surface area contributed by atoms with Crippen LogP contribution in [-0.4, -0.2) is 37.7 Å². The van der Waals surface area contributed by atoms with Crippen molar-refractivity contribution in [1.82, 2.24) is 19.7 Å². The summed E-state index contributed by atoms with van der Waals surface area (Å²) in [5.41, 5.74) is 0.743. The summed E-state index contributed by atoms with van der Waals surface area (Å²) in [7, 11) is 0. The minimum Gasteiger partial charge on any atom is -0.333 e. The number of nitrogens with zero attached hydrogens (tertiary/aromatic N) is 4. The molecule has 0 aliphatic carbocycles. The molecule has 2 aliphatic rings. The van der Waals surface area contributed by atoms with Crippen LogP contribution in [0.25, 0.3) is 0 Å². The van der Waals surface area contributed by atoms with Gasteiger partial charge >= 0.3 is 0 Å². The van der Waals surface area contributed by atoms with Crippen molar-refractivity contribution in [2.75, 3.05) is 0 Å². The molecule has 2 aliphatic heterocycles. The van der Waals surface area contributed by atoms with Crippen LogP contribution in [0.4, 0.5) is 0 Å². The predicted molar refractivity (Wildman–Crippen MR) is 85.4 cm³/mol. The smallest absolute Gasteiger partial charge is 0.254 e. The molecule has 2 aromatic heterocycles. The van der Waals surface area contributed by atoms with E-state index in [1.165, 1.54) is 0 Å². The summed E-state index contributed by atoms with van der Waals surface area (Å²) in [4.78, 5) is 18.9. The normalized spacial score (nSPS) is 27.1. The Balaban J connectivity index is 1.55. The second-order valence-electron chi connectivity index (χ2n) is 6.10. The van der Waals surface area contributed by atoms with Crippen LogP contribution in [0.3, 0.4) is 0 Å². The van der Waals surface area contributed by atoms with Gasteiger partial charge in [-0.05, 0) is 53.7 Å². The SMILES string of the molecule is O=C(c1ccncc1)N1C2CCC1CC(n1cc(Br)cn1)C2. The Kier molecular flexibility index (Phi) is 3.48. The average molecular weight is 361 g/mol. The van der Waals surface area contributed by atoms with Gasteiger partial charge in [-0.2, -0.15) is 5.10 Å². The number of piperidine rings is 1. The maximum absolute atomic E-state index is 12.8. The molecule has 2 bridgehead atoms. The van der Waals surface area contributed by atoms with Crippen LogP contribution in [0.5, 0.6) is 0 Å². The van der Waals surface area contributed by atoms with Gasteiger partial charge in [-0.25, -0.2) is 0 Å². The van der Waals surface area contributed by atoms with Crippen LogP contribution in [-0.2, 0) is 0 Å².